The summed E-state index contributed by atoms with van der Waals surface area (Å²) >= 11 is 13.6. The quantitative estimate of drug-likeness (QED) is 0.621. The summed E-state index contributed by atoms with van der Waals surface area (Å²) in [5.41, 5.74) is 0.576. The van der Waals surface area contributed by atoms with Crippen molar-refractivity contribution in [1.82, 2.24) is 0 Å². The molecule has 0 atom stereocenters. The van der Waals surface area contributed by atoms with Crippen molar-refractivity contribution < 1.29 is 9.53 Å². The Morgan fingerprint density at radius 3 is 2.57 bits per heavy atom. The summed E-state index contributed by atoms with van der Waals surface area (Å²) in [5, 5.41) is 3.35. The second-order valence-corrected chi connectivity index (χ2v) is 4.34. The molecule has 1 amide bonds. The van der Waals surface area contributed by atoms with E-state index in [0.29, 0.717) is 15.7 Å². The first-order valence-corrected chi connectivity index (χ1v) is 5.37. The van der Waals surface area contributed by atoms with Crippen LogP contribution in [-0.2, 0) is 4.74 Å². The Bertz CT molecular complexity index is 371. The Morgan fingerprint density at radius 2 is 2.00 bits per heavy atom. The van der Waals surface area contributed by atoms with Crippen LogP contribution in [0.1, 0.15) is 0 Å². The van der Waals surface area contributed by atoms with Crippen molar-refractivity contribution in [2.45, 2.75) is 0 Å². The van der Waals surface area contributed by atoms with E-state index in [1.165, 1.54) is 7.11 Å². The second kappa shape index (κ2) is 5.04. The van der Waals surface area contributed by atoms with Gasteiger partial charge in [0.25, 0.3) is 0 Å². The zero-order chi connectivity index (χ0) is 10.7. The molecule has 0 aliphatic carbocycles. The van der Waals surface area contributed by atoms with Gasteiger partial charge in [-0.2, -0.15) is 0 Å². The van der Waals surface area contributed by atoms with Crippen molar-refractivity contribution in [3.8, 4) is 0 Å². The number of halogens is 3. The van der Waals surface area contributed by atoms with E-state index in [1.54, 1.807) is 12.1 Å². The molecule has 6 heteroatoms. The Balaban J connectivity index is 2.98. The lowest BCUT2D eigenvalue weighted by atomic mass is 10.3. The average molecular weight is 346 g/mol. The lowest BCUT2D eigenvalue weighted by Crippen LogP contribution is -2.11. The number of anilines is 1. The maximum atomic E-state index is 10.9. The minimum absolute atomic E-state index is 0.387. The molecule has 0 aromatic heterocycles. The molecule has 0 aliphatic heterocycles. The topological polar surface area (TPSA) is 38.3 Å². The van der Waals surface area contributed by atoms with E-state index >= 15 is 0 Å². The van der Waals surface area contributed by atoms with Crippen LogP contribution in [0.4, 0.5) is 10.5 Å². The Labute approximate surface area is 105 Å². The normalized spacial score (nSPS) is 9.71. The second-order valence-electron chi connectivity index (χ2n) is 2.36. The summed E-state index contributed by atoms with van der Waals surface area (Å²) in [7, 11) is 1.29. The highest BCUT2D eigenvalue weighted by atomic mass is 127. The highest BCUT2D eigenvalue weighted by Crippen LogP contribution is 2.29. The number of hydrogen-bond acceptors (Lipinski definition) is 2. The minimum Gasteiger partial charge on any atom is -0.453 e. The van der Waals surface area contributed by atoms with E-state index in [-0.39, 0.29) is 0 Å². The number of nitrogens with one attached hydrogen (secondary N) is 1. The number of methoxy groups -OCH3 is 1. The number of benzene rings is 1. The van der Waals surface area contributed by atoms with Gasteiger partial charge >= 0.3 is 6.09 Å². The van der Waals surface area contributed by atoms with Crippen LogP contribution in [-0.4, -0.2) is 13.2 Å². The summed E-state index contributed by atoms with van der Waals surface area (Å²) in [6.07, 6.45) is -0.540. The molecule has 0 saturated carbocycles. The van der Waals surface area contributed by atoms with Crippen molar-refractivity contribution in [2.75, 3.05) is 12.4 Å². The summed E-state index contributed by atoms with van der Waals surface area (Å²) in [4.78, 5) is 10.9. The summed E-state index contributed by atoms with van der Waals surface area (Å²) in [6, 6.07) is 3.23. The molecule has 1 rings (SSSR count). The van der Waals surface area contributed by atoms with Gasteiger partial charge < -0.3 is 4.74 Å². The lowest BCUT2D eigenvalue weighted by molar-refractivity contribution is 0.187. The Kier molecular flexibility index (Phi) is 4.28. The molecule has 0 saturated heterocycles. The maximum absolute atomic E-state index is 10.9. The number of amides is 1. The van der Waals surface area contributed by atoms with Gasteiger partial charge in [0.15, 0.2) is 0 Å². The first-order chi connectivity index (χ1) is 6.54. The SMILES string of the molecule is COC(=O)Nc1cc(Cl)c(Cl)cc1I. The molecular weight excluding hydrogens is 340 g/mol. The fourth-order valence-electron chi connectivity index (χ4n) is 0.779. The molecule has 0 unspecified atom stereocenters. The van der Waals surface area contributed by atoms with Gasteiger partial charge in [-0.3, -0.25) is 5.32 Å². The van der Waals surface area contributed by atoms with Gasteiger partial charge in [-0.15, -0.1) is 0 Å². The van der Waals surface area contributed by atoms with Crippen molar-refractivity contribution in [3.05, 3.63) is 25.7 Å². The fraction of sp³-hybridized carbons (Fsp3) is 0.125. The van der Waals surface area contributed by atoms with E-state index < -0.39 is 6.09 Å². The van der Waals surface area contributed by atoms with Crippen molar-refractivity contribution in [3.63, 3.8) is 0 Å². The predicted molar refractivity (Wildman–Crippen MR) is 65.2 cm³/mol. The third-order valence-electron chi connectivity index (χ3n) is 1.43. The summed E-state index contributed by atoms with van der Waals surface area (Å²) in [6.45, 7) is 0. The molecule has 0 spiro atoms. The smallest absolute Gasteiger partial charge is 0.411 e. The van der Waals surface area contributed by atoms with Gasteiger partial charge in [-0.1, -0.05) is 23.2 Å². The van der Waals surface area contributed by atoms with Gasteiger partial charge in [0, 0.05) is 3.57 Å². The van der Waals surface area contributed by atoms with E-state index in [0.717, 1.165) is 3.57 Å². The molecule has 1 aromatic carbocycles. The van der Waals surface area contributed by atoms with Crippen molar-refractivity contribution in [2.24, 2.45) is 0 Å². The van der Waals surface area contributed by atoms with Crippen LogP contribution in [0.15, 0.2) is 12.1 Å². The Morgan fingerprint density at radius 1 is 1.43 bits per heavy atom. The molecule has 0 radical (unpaired) electrons. The molecule has 14 heavy (non-hydrogen) atoms. The zero-order valence-corrected chi connectivity index (χ0v) is 10.8. The van der Waals surface area contributed by atoms with E-state index in [1.807, 2.05) is 22.6 Å². The summed E-state index contributed by atoms with van der Waals surface area (Å²) < 4.78 is 5.24. The van der Waals surface area contributed by atoms with Crippen LogP contribution >= 0.6 is 45.8 Å². The van der Waals surface area contributed by atoms with Gasteiger partial charge in [0.05, 0.1) is 22.8 Å². The van der Waals surface area contributed by atoms with Crippen LogP contribution in [0.2, 0.25) is 10.0 Å². The van der Waals surface area contributed by atoms with Crippen molar-refractivity contribution in [1.29, 1.82) is 0 Å². The van der Waals surface area contributed by atoms with Gasteiger partial charge in [0.1, 0.15) is 0 Å². The zero-order valence-electron chi connectivity index (χ0n) is 7.11. The molecule has 0 fully saturated rings. The molecule has 0 bridgehead atoms. The first kappa shape index (κ1) is 11.9. The minimum atomic E-state index is -0.540. The molecule has 1 N–H and O–H groups in total. The van der Waals surface area contributed by atoms with Crippen LogP contribution < -0.4 is 5.32 Å². The molecule has 1 aromatic rings. The molecule has 3 nitrogen and oxygen atoms in total. The van der Waals surface area contributed by atoms with Crippen LogP contribution in [0.3, 0.4) is 0 Å². The highest BCUT2D eigenvalue weighted by molar-refractivity contribution is 14.1. The molecule has 0 heterocycles. The number of hydrogen-bond donors (Lipinski definition) is 1. The van der Waals surface area contributed by atoms with Crippen LogP contribution in [0.25, 0.3) is 0 Å². The predicted octanol–water partition coefficient (Wildman–Crippen LogP) is 3.78. The fourth-order valence-corrected chi connectivity index (χ4v) is 1.89. The third kappa shape index (κ3) is 2.90. The van der Waals surface area contributed by atoms with Crippen LogP contribution in [0, 0.1) is 3.57 Å². The third-order valence-corrected chi connectivity index (χ3v) is 3.05. The monoisotopic (exact) mass is 345 g/mol. The number of ether oxygens (including phenoxy) is 1. The standard InChI is InChI=1S/C8H6Cl2INO2/c1-14-8(13)12-7-3-5(10)4(9)2-6(7)11/h2-3H,1H3,(H,12,13). The van der Waals surface area contributed by atoms with Gasteiger partial charge in [-0.05, 0) is 34.7 Å². The van der Waals surface area contributed by atoms with Gasteiger partial charge in [0.2, 0.25) is 0 Å². The largest absolute Gasteiger partial charge is 0.453 e. The Hall–Kier alpha value is -0.200. The van der Waals surface area contributed by atoms with Crippen molar-refractivity contribution >= 4 is 57.6 Å². The number of carbonyl (C=O) groups is 1. The number of carbonyl (C=O) groups excluding carboxylic acids is 1. The number of rotatable bonds is 1. The summed E-state index contributed by atoms with van der Waals surface area (Å²) in [5.74, 6) is 0. The molecular formula is C8H6Cl2INO2. The maximum Gasteiger partial charge on any atom is 0.411 e. The average Bonchev–Trinajstić information content (AvgIpc) is 2.14. The van der Waals surface area contributed by atoms with Crippen LogP contribution in [0.5, 0.6) is 0 Å². The van der Waals surface area contributed by atoms with E-state index in [4.69, 9.17) is 23.2 Å². The van der Waals surface area contributed by atoms with Gasteiger partial charge in [-0.25, -0.2) is 4.79 Å². The molecule has 76 valence electrons. The lowest BCUT2D eigenvalue weighted by Gasteiger charge is -2.07. The van der Waals surface area contributed by atoms with E-state index in [2.05, 4.69) is 10.1 Å². The molecule has 0 aliphatic rings. The van der Waals surface area contributed by atoms with E-state index in [9.17, 15) is 4.79 Å². The highest BCUT2D eigenvalue weighted by Gasteiger charge is 2.08. The first-order valence-electron chi connectivity index (χ1n) is 3.54.